The van der Waals surface area contributed by atoms with Gasteiger partial charge < -0.3 is 10.2 Å². The maximum absolute atomic E-state index is 12.9. The zero-order chi connectivity index (χ0) is 22.2. The molecule has 2 N–H and O–H groups in total. The molecule has 171 valence electrons. The Balaban J connectivity index is 0.00000450. The molecule has 0 aliphatic carbocycles. The van der Waals surface area contributed by atoms with E-state index in [9.17, 15) is 49.7 Å². The number of aromatic nitrogens is 1. The van der Waals surface area contributed by atoms with Crippen molar-refractivity contribution in [2.45, 2.75) is 37.2 Å². The summed E-state index contributed by atoms with van der Waals surface area (Å²) < 4.78 is 115. The van der Waals surface area contributed by atoms with E-state index in [1.165, 1.54) is 0 Å². The molecule has 2 atom stereocenters. The van der Waals surface area contributed by atoms with Crippen LogP contribution in [-0.2, 0) is 35.6 Å². The Kier molecular flexibility index (Phi) is 7.97. The summed E-state index contributed by atoms with van der Waals surface area (Å²) >= 11 is 0. The second-order valence-electron chi connectivity index (χ2n) is 6.08. The molecule has 30 heavy (non-hydrogen) atoms. The zero-order valence-corrected chi connectivity index (χ0v) is 15.3. The Bertz CT molecular complexity index is 833. The Hall–Kier alpha value is -1.82. The van der Waals surface area contributed by atoms with Crippen LogP contribution in [0.5, 0.6) is 0 Å². The Labute approximate surface area is 174 Å². The predicted molar refractivity (Wildman–Crippen MR) is 80.2 cm³/mol. The van der Waals surface area contributed by atoms with Crippen LogP contribution in [0.2, 0.25) is 0 Å². The number of nitrogens with zero attached hydrogens (tertiary/aromatic N) is 1. The summed E-state index contributed by atoms with van der Waals surface area (Å²) in [5, 5.41) is 20.0. The third kappa shape index (κ3) is 6.59. The van der Waals surface area contributed by atoms with Crippen LogP contribution < -0.4 is 0 Å². The van der Waals surface area contributed by atoms with Crippen molar-refractivity contribution in [1.29, 1.82) is 0 Å². The number of benzene rings is 1. The molecule has 0 amide bonds. The molecule has 0 aliphatic rings. The molecule has 2 unspecified atom stereocenters. The van der Waals surface area contributed by atoms with Gasteiger partial charge in [-0.2, -0.15) is 39.5 Å². The number of halogens is 9. The minimum absolute atomic E-state index is 0. The number of aliphatic hydroxyl groups excluding tert-OH is 2. The van der Waals surface area contributed by atoms with Crippen molar-refractivity contribution < 1.29 is 66.8 Å². The standard InChI is InChI=1S/C17H12F9NO2.Cu/c18-15(19,20)10-3-9(4-11(6-10)16(21,22)23)13(29)7-12(28)8-1-2-27-14(5-8)17(24,25)26;/h1-6,12-13,28-29H,7H2;. The topological polar surface area (TPSA) is 53.4 Å². The Morgan fingerprint density at radius 3 is 1.60 bits per heavy atom. The molecule has 2 rings (SSSR count). The minimum Gasteiger partial charge on any atom is -0.388 e. The fourth-order valence-electron chi connectivity index (χ4n) is 2.46. The first kappa shape index (κ1) is 26.2. The fraction of sp³-hybridized carbons (Fsp3) is 0.353. The van der Waals surface area contributed by atoms with Gasteiger partial charge in [0.25, 0.3) is 0 Å². The maximum atomic E-state index is 12.9. The summed E-state index contributed by atoms with van der Waals surface area (Å²) in [6, 6.07) is 1.86. The van der Waals surface area contributed by atoms with Crippen molar-refractivity contribution in [1.82, 2.24) is 4.98 Å². The van der Waals surface area contributed by atoms with Crippen molar-refractivity contribution in [2.75, 3.05) is 0 Å². The number of hydrogen-bond donors (Lipinski definition) is 2. The molecule has 0 saturated carbocycles. The van der Waals surface area contributed by atoms with E-state index < -0.39 is 59.5 Å². The molecule has 0 aliphatic heterocycles. The van der Waals surface area contributed by atoms with Crippen LogP contribution in [0, 0.1) is 0 Å². The van der Waals surface area contributed by atoms with Crippen molar-refractivity contribution in [3.63, 3.8) is 0 Å². The SMILES string of the molecule is OC(CC(O)c1ccnc(C(F)(F)F)c1)c1cc(C(F)(F)F)cc(C(F)(F)F)c1.[Cu]. The molecule has 2 aromatic rings. The Morgan fingerprint density at radius 2 is 1.17 bits per heavy atom. The van der Waals surface area contributed by atoms with Gasteiger partial charge in [0.1, 0.15) is 5.69 Å². The first-order valence-corrected chi connectivity index (χ1v) is 7.77. The summed E-state index contributed by atoms with van der Waals surface area (Å²) in [5.41, 5.74) is -5.86. The van der Waals surface area contributed by atoms with Crippen LogP contribution >= 0.6 is 0 Å². The van der Waals surface area contributed by atoms with Gasteiger partial charge in [-0.15, -0.1) is 0 Å². The number of aliphatic hydroxyl groups is 2. The molecule has 1 heterocycles. The molecule has 0 saturated heterocycles. The van der Waals surface area contributed by atoms with Gasteiger partial charge in [0.2, 0.25) is 0 Å². The quantitative estimate of drug-likeness (QED) is 0.446. The van der Waals surface area contributed by atoms with Crippen molar-refractivity contribution in [2.24, 2.45) is 0 Å². The smallest absolute Gasteiger partial charge is 0.388 e. The summed E-state index contributed by atoms with van der Waals surface area (Å²) in [5.74, 6) is 0. The van der Waals surface area contributed by atoms with Crippen molar-refractivity contribution >= 4 is 0 Å². The van der Waals surface area contributed by atoms with Crippen LogP contribution in [0.25, 0.3) is 0 Å². The van der Waals surface area contributed by atoms with Crippen LogP contribution in [-0.4, -0.2) is 15.2 Å². The molecule has 0 bridgehead atoms. The fourth-order valence-corrected chi connectivity index (χ4v) is 2.46. The van der Waals surface area contributed by atoms with Crippen molar-refractivity contribution in [3.05, 3.63) is 64.5 Å². The van der Waals surface area contributed by atoms with E-state index in [0.717, 1.165) is 12.3 Å². The molecule has 0 spiro atoms. The van der Waals surface area contributed by atoms with Gasteiger partial charge >= 0.3 is 18.5 Å². The average Bonchev–Trinajstić information content (AvgIpc) is 2.59. The molecular formula is C17H12CuF9NO2. The summed E-state index contributed by atoms with van der Waals surface area (Å²) in [7, 11) is 0. The zero-order valence-electron chi connectivity index (χ0n) is 14.4. The number of alkyl halides is 9. The van der Waals surface area contributed by atoms with E-state index in [2.05, 4.69) is 4.98 Å². The van der Waals surface area contributed by atoms with Gasteiger partial charge in [-0.1, -0.05) is 0 Å². The second kappa shape index (κ2) is 9.13. The molecule has 13 heteroatoms. The average molecular weight is 497 g/mol. The Morgan fingerprint density at radius 1 is 0.700 bits per heavy atom. The molecule has 3 nitrogen and oxygen atoms in total. The maximum Gasteiger partial charge on any atom is 0.433 e. The summed E-state index contributed by atoms with van der Waals surface area (Å²) in [4.78, 5) is 3.06. The van der Waals surface area contributed by atoms with Crippen LogP contribution in [0.3, 0.4) is 0 Å². The molecule has 1 aromatic heterocycles. The summed E-state index contributed by atoms with van der Waals surface area (Å²) in [6.45, 7) is 0. The number of rotatable bonds is 4. The van der Waals surface area contributed by atoms with E-state index in [4.69, 9.17) is 0 Å². The van der Waals surface area contributed by atoms with E-state index in [0.29, 0.717) is 6.07 Å². The van der Waals surface area contributed by atoms with Gasteiger partial charge in [0.15, 0.2) is 0 Å². The molecular weight excluding hydrogens is 485 g/mol. The summed E-state index contributed by atoms with van der Waals surface area (Å²) in [6.07, 6.45) is -19.1. The molecule has 1 radical (unpaired) electrons. The predicted octanol–water partition coefficient (Wildman–Crippen LogP) is 5.29. The number of pyridine rings is 1. The normalized spacial score (nSPS) is 14.8. The molecule has 0 fully saturated rings. The van der Waals surface area contributed by atoms with E-state index in [1.807, 2.05) is 0 Å². The minimum atomic E-state index is -5.14. The van der Waals surface area contributed by atoms with Gasteiger partial charge in [-0.25, -0.2) is 0 Å². The van der Waals surface area contributed by atoms with Crippen LogP contribution in [0.4, 0.5) is 39.5 Å². The largest absolute Gasteiger partial charge is 0.433 e. The first-order chi connectivity index (χ1) is 13.1. The van der Waals surface area contributed by atoms with Gasteiger partial charge in [0.05, 0.1) is 23.3 Å². The van der Waals surface area contributed by atoms with E-state index in [-0.39, 0.29) is 40.8 Å². The number of hydrogen-bond acceptors (Lipinski definition) is 3. The third-order valence-corrected chi connectivity index (χ3v) is 3.90. The first-order valence-electron chi connectivity index (χ1n) is 7.77. The van der Waals surface area contributed by atoms with Gasteiger partial charge in [0, 0.05) is 29.7 Å². The second-order valence-corrected chi connectivity index (χ2v) is 6.08. The van der Waals surface area contributed by atoms with Crippen LogP contribution in [0.15, 0.2) is 36.5 Å². The van der Waals surface area contributed by atoms with E-state index in [1.54, 1.807) is 0 Å². The van der Waals surface area contributed by atoms with Crippen LogP contribution in [0.1, 0.15) is 46.6 Å². The van der Waals surface area contributed by atoms with Gasteiger partial charge in [-0.05, 0) is 41.5 Å². The third-order valence-electron chi connectivity index (χ3n) is 3.90. The monoisotopic (exact) mass is 496 g/mol. The molecule has 1 aromatic carbocycles. The van der Waals surface area contributed by atoms with E-state index >= 15 is 0 Å². The van der Waals surface area contributed by atoms with Gasteiger partial charge in [-0.3, -0.25) is 4.98 Å². The van der Waals surface area contributed by atoms with Crippen molar-refractivity contribution in [3.8, 4) is 0 Å².